The monoisotopic (exact) mass is 1130 g/mol. The second-order valence-corrected chi connectivity index (χ2v) is 11.9. The number of rotatable bonds is 11. The molecule has 0 spiro atoms. The van der Waals surface area contributed by atoms with Crippen LogP contribution in [0.5, 0.6) is 0 Å². The maximum atomic E-state index is 13.5. The molecule has 0 amide bonds. The van der Waals surface area contributed by atoms with Gasteiger partial charge in [-0.3, -0.25) is 4.79 Å². The minimum Gasteiger partial charge on any atom is -0.443 e. The van der Waals surface area contributed by atoms with Crippen LogP contribution in [0.4, 0.5) is 158 Å². The summed E-state index contributed by atoms with van der Waals surface area (Å²) in [6, 6.07) is 0. The number of carbonyl (C=O) groups excluding carboxylic acids is 2. The number of ketones is 1. The first-order chi connectivity index (χ1) is 29.3. The standard InChI is InChI=1S/C10H8F10O3.C6H4F10O2.C6H2F10O2.C3H2F6O/c1-3(2)4(21)23-5(9(15,16)17)8(13,14)7(22,6(11)12)10(18,19)20;2*7-2(8)3(18,6(14,15)16)4(9,10)1(17)5(11,12)13;4-2(5,6)1(10)3(7,8)9/h5-6,22H,1H2,2H3;1-2,17-18H;2,18H;1,10H. The largest absolute Gasteiger partial charge is 0.456 e. The Balaban J connectivity index is -0.000000422. The van der Waals surface area contributed by atoms with Crippen LogP contribution in [0.3, 0.4) is 0 Å². The highest BCUT2D eigenvalue weighted by Gasteiger charge is 2.83. The van der Waals surface area contributed by atoms with E-state index in [-0.39, 0.29) is 0 Å². The van der Waals surface area contributed by atoms with Crippen LogP contribution in [0.25, 0.3) is 0 Å². The third kappa shape index (κ3) is 16.1. The van der Waals surface area contributed by atoms with Gasteiger partial charge in [0.05, 0.1) is 0 Å². The Bertz CT molecular complexity index is 1650. The summed E-state index contributed by atoms with van der Waals surface area (Å²) in [6.07, 6.45) is -81.4. The zero-order valence-corrected chi connectivity index (χ0v) is 30.7. The molecular weight excluding hydrogens is 1110 g/mol. The minimum absolute atomic E-state index is 0.664. The summed E-state index contributed by atoms with van der Waals surface area (Å²) in [5, 5.41) is 40.4. The quantitative estimate of drug-likeness (QED) is 0.0784. The van der Waals surface area contributed by atoms with Gasteiger partial charge in [0.25, 0.3) is 42.2 Å². The van der Waals surface area contributed by atoms with Crippen LogP contribution in [0.15, 0.2) is 12.2 Å². The molecule has 5 atom stereocenters. The van der Waals surface area contributed by atoms with Crippen molar-refractivity contribution in [2.45, 2.75) is 128 Å². The first-order valence-electron chi connectivity index (χ1n) is 14.7. The second kappa shape index (κ2) is 21.9. The van der Waals surface area contributed by atoms with Gasteiger partial charge in [-0.1, -0.05) is 6.58 Å². The fourth-order valence-corrected chi connectivity index (χ4v) is 3.06. The van der Waals surface area contributed by atoms with E-state index in [4.69, 9.17) is 25.5 Å². The van der Waals surface area contributed by atoms with Gasteiger partial charge >= 0.3 is 78.9 Å². The Morgan fingerprint density at radius 1 is 0.420 bits per heavy atom. The number of hydrogen-bond donors (Lipinski definition) is 5. The smallest absolute Gasteiger partial charge is 0.443 e. The number of Topliss-reactive ketones (excluding diaryl/α,β-unsaturated/α-hetero) is 1. The minimum atomic E-state index is -6.87. The lowest BCUT2D eigenvalue weighted by atomic mass is 9.90. The number of ether oxygens (including phenoxy) is 1. The molecule has 5 N–H and O–H groups in total. The molecule has 0 saturated heterocycles. The molecule has 0 fully saturated rings. The lowest BCUT2D eigenvalue weighted by Crippen LogP contribution is -2.70. The van der Waals surface area contributed by atoms with Gasteiger partial charge in [0.2, 0.25) is 12.2 Å². The summed E-state index contributed by atoms with van der Waals surface area (Å²) < 4.78 is 434. The van der Waals surface area contributed by atoms with E-state index in [0.29, 0.717) is 6.92 Å². The van der Waals surface area contributed by atoms with Crippen molar-refractivity contribution < 1.29 is 198 Å². The molecule has 0 aliphatic heterocycles. The molecule has 44 heteroatoms. The first kappa shape index (κ1) is 71.7. The third-order valence-corrected chi connectivity index (χ3v) is 6.76. The van der Waals surface area contributed by atoms with Crippen molar-refractivity contribution in [2.24, 2.45) is 0 Å². The lowest BCUT2D eigenvalue weighted by Gasteiger charge is -2.40. The highest BCUT2D eigenvalue weighted by molar-refractivity contribution is 5.92. The van der Waals surface area contributed by atoms with Crippen molar-refractivity contribution in [3.05, 3.63) is 12.2 Å². The predicted octanol–water partition coefficient (Wildman–Crippen LogP) is 9.12. The van der Waals surface area contributed by atoms with Crippen molar-refractivity contribution in [1.82, 2.24) is 0 Å². The summed E-state index contributed by atoms with van der Waals surface area (Å²) in [6.45, 7) is 3.36. The third-order valence-electron chi connectivity index (χ3n) is 6.76. The molecule has 0 heterocycles. The Labute approximate surface area is 351 Å². The molecule has 0 bridgehead atoms. The molecule has 8 nitrogen and oxygen atoms in total. The molecule has 0 saturated carbocycles. The number of esters is 1. The maximum Gasteiger partial charge on any atom is 0.456 e. The van der Waals surface area contributed by atoms with Crippen LogP contribution < -0.4 is 0 Å². The van der Waals surface area contributed by atoms with Crippen molar-refractivity contribution in [3.63, 3.8) is 0 Å². The second-order valence-electron chi connectivity index (χ2n) is 11.9. The molecule has 0 rings (SSSR count). The number of aliphatic hydroxyl groups is 5. The average Bonchev–Trinajstić information content (AvgIpc) is 3.08. The molecule has 0 radical (unpaired) electrons. The topological polar surface area (TPSA) is 145 Å². The van der Waals surface area contributed by atoms with Gasteiger partial charge in [0.15, 0.2) is 0 Å². The number of aliphatic hydroxyl groups excluding tert-OH is 2. The number of carbonyl (C=O) groups is 2. The Hall–Kier alpha value is -3.84. The van der Waals surface area contributed by atoms with E-state index in [1.54, 1.807) is 0 Å². The maximum absolute atomic E-state index is 13.5. The van der Waals surface area contributed by atoms with Crippen molar-refractivity contribution in [2.75, 3.05) is 0 Å². The van der Waals surface area contributed by atoms with E-state index < -0.39 is 139 Å². The van der Waals surface area contributed by atoms with E-state index in [1.807, 2.05) is 0 Å². The number of hydrogen-bond acceptors (Lipinski definition) is 8. The average molecular weight is 1130 g/mol. The molecule has 0 aliphatic carbocycles. The van der Waals surface area contributed by atoms with Crippen LogP contribution in [0, 0.1) is 0 Å². The number of alkyl halides is 36. The van der Waals surface area contributed by atoms with E-state index in [0.717, 1.165) is 0 Å². The van der Waals surface area contributed by atoms with Gasteiger partial charge in [-0.2, -0.15) is 132 Å². The van der Waals surface area contributed by atoms with Crippen LogP contribution in [-0.4, -0.2) is 159 Å². The summed E-state index contributed by atoms with van der Waals surface area (Å²) in [5.41, 5.74) is -20.1. The SMILES string of the molecule is C=C(C)C(=O)OC(C(F)(F)F)C(F)(F)C(O)(C(F)F)C(F)(F)F.O=C(C(F)(F)F)C(F)(F)C(O)(C(F)F)C(F)(F)F.OC(C(F)(F)F)C(F)(F)C(O)(C(F)F)C(F)(F)F.OC(C(F)(F)F)C(F)(F)F. The van der Waals surface area contributed by atoms with E-state index in [2.05, 4.69) is 11.3 Å². The van der Waals surface area contributed by atoms with Crippen molar-refractivity contribution in [3.8, 4) is 0 Å². The molecule has 0 aromatic heterocycles. The molecule has 0 aliphatic rings. The molecule has 0 aromatic rings. The zero-order chi connectivity index (χ0) is 57.9. The number of halogens is 36. The van der Waals surface area contributed by atoms with E-state index in [1.165, 1.54) is 0 Å². The molecule has 0 aromatic carbocycles. The van der Waals surface area contributed by atoms with Gasteiger partial charge in [0.1, 0.15) is 0 Å². The van der Waals surface area contributed by atoms with E-state index in [9.17, 15) is 168 Å². The van der Waals surface area contributed by atoms with Gasteiger partial charge in [-0.15, -0.1) is 0 Å². The van der Waals surface area contributed by atoms with Crippen LogP contribution in [0.1, 0.15) is 6.92 Å². The Kier molecular flexibility index (Phi) is 22.7. The van der Waals surface area contributed by atoms with Crippen LogP contribution >= 0.6 is 0 Å². The van der Waals surface area contributed by atoms with Gasteiger partial charge < -0.3 is 30.3 Å². The highest BCUT2D eigenvalue weighted by Crippen LogP contribution is 2.53. The summed E-state index contributed by atoms with van der Waals surface area (Å²) >= 11 is 0. The Morgan fingerprint density at radius 2 is 0.667 bits per heavy atom. The van der Waals surface area contributed by atoms with Crippen molar-refractivity contribution in [1.29, 1.82) is 0 Å². The van der Waals surface area contributed by atoms with Crippen molar-refractivity contribution >= 4 is 11.8 Å². The van der Waals surface area contributed by atoms with Gasteiger partial charge in [-0.25, -0.2) is 31.1 Å². The molecular formula is C25H16F36O8. The highest BCUT2D eigenvalue weighted by atomic mass is 19.4. The molecule has 416 valence electrons. The van der Waals surface area contributed by atoms with E-state index >= 15 is 0 Å². The Morgan fingerprint density at radius 3 is 0.826 bits per heavy atom. The summed E-state index contributed by atoms with van der Waals surface area (Å²) in [7, 11) is 0. The lowest BCUT2D eigenvalue weighted by molar-refractivity contribution is -0.401. The molecule has 5 unspecified atom stereocenters. The fraction of sp³-hybridized carbons (Fsp3) is 0.840. The first-order valence-corrected chi connectivity index (χ1v) is 14.7. The summed E-state index contributed by atoms with van der Waals surface area (Å²) in [5.74, 6) is -26.7. The fourth-order valence-electron chi connectivity index (χ4n) is 3.06. The zero-order valence-electron chi connectivity index (χ0n) is 30.7. The van der Waals surface area contributed by atoms with Gasteiger partial charge in [-0.05, 0) is 6.92 Å². The normalized spacial score (nSPS) is 17.8. The predicted molar refractivity (Wildman–Crippen MR) is 138 cm³/mol. The van der Waals surface area contributed by atoms with Crippen LogP contribution in [0.2, 0.25) is 0 Å². The van der Waals surface area contributed by atoms with Crippen LogP contribution in [-0.2, 0) is 14.3 Å². The van der Waals surface area contributed by atoms with Gasteiger partial charge in [0, 0.05) is 5.57 Å². The molecule has 69 heavy (non-hydrogen) atoms. The summed E-state index contributed by atoms with van der Waals surface area (Å²) in [4.78, 5) is 20.9.